The Morgan fingerprint density at radius 1 is 0.960 bits per heavy atom. The van der Waals surface area contributed by atoms with Crippen LogP contribution >= 0.6 is 11.6 Å². The van der Waals surface area contributed by atoms with Gasteiger partial charge in [-0.2, -0.15) is 0 Å². The smallest absolute Gasteiger partial charge is 0.264 e. The molecule has 2 saturated heterocycles. The van der Waals surface area contributed by atoms with Gasteiger partial charge in [-0.25, -0.2) is 13.1 Å². The highest BCUT2D eigenvalue weighted by atomic mass is 35.5. The molecule has 272 valence electrons. The number of amides is 1. The van der Waals surface area contributed by atoms with Crippen LogP contribution in [0.5, 0.6) is 5.75 Å². The fourth-order valence-corrected chi connectivity index (χ4v) is 11.7. The number of fused-ring (bicyclic) bond motifs is 5. The standard InChI is InChI=1S/C39H52ClN3O6S/c1-24-7-5-9-29(37-48-34-19-42(4)20-35(34)49-37)31-14-16-38(31,3)21-43-22-39(15-6-8-26-17-28(40)11-12-30(26)39)23-47-33-13-10-27(18-32(33)43)36(44)41-50(45,46)25(24)2/h10-13,17-18,24-25,29,31,34-35,37H,5-9,14-16,19-23H2,1-4H3,(H,41,44)/t24-,25+,29+,31-,34-,35+,37?,38?,39-/m0/s1. The van der Waals surface area contributed by atoms with Gasteiger partial charge in [-0.15, -0.1) is 0 Å². The van der Waals surface area contributed by atoms with E-state index in [4.69, 9.17) is 25.8 Å². The van der Waals surface area contributed by atoms with Crippen LogP contribution in [0.3, 0.4) is 0 Å². The third kappa shape index (κ3) is 6.14. The molecule has 1 N–H and O–H groups in total. The fourth-order valence-electron chi connectivity index (χ4n) is 10.2. The van der Waals surface area contributed by atoms with Crippen molar-refractivity contribution in [2.75, 3.05) is 44.7 Å². The van der Waals surface area contributed by atoms with E-state index in [0.29, 0.717) is 18.1 Å². The molecule has 4 aliphatic heterocycles. The van der Waals surface area contributed by atoms with Crippen LogP contribution in [0.1, 0.15) is 87.2 Å². The summed E-state index contributed by atoms with van der Waals surface area (Å²) in [6.07, 6.45) is 7.66. The Morgan fingerprint density at radius 2 is 1.74 bits per heavy atom. The molecule has 9 atom stereocenters. The van der Waals surface area contributed by atoms with Gasteiger partial charge >= 0.3 is 0 Å². The van der Waals surface area contributed by atoms with Crippen LogP contribution < -0.4 is 14.4 Å². The quantitative estimate of drug-likeness (QED) is 0.373. The summed E-state index contributed by atoms with van der Waals surface area (Å²) in [6, 6.07) is 11.7. The predicted molar refractivity (Wildman–Crippen MR) is 194 cm³/mol. The third-order valence-electron chi connectivity index (χ3n) is 13.4. The largest absolute Gasteiger partial charge is 0.490 e. The zero-order valence-corrected chi connectivity index (χ0v) is 31.4. The summed E-state index contributed by atoms with van der Waals surface area (Å²) in [6.45, 7) is 9.93. The van der Waals surface area contributed by atoms with Gasteiger partial charge in [0.1, 0.15) is 18.0 Å². The number of likely N-dealkylation sites (tertiary alicyclic amines) is 1. The number of hydrogen-bond donors (Lipinski definition) is 1. The Balaban J connectivity index is 1.20. The summed E-state index contributed by atoms with van der Waals surface area (Å²) in [4.78, 5) is 18.4. The maximum Gasteiger partial charge on any atom is 0.264 e. The minimum Gasteiger partial charge on any atom is -0.490 e. The third-order valence-corrected chi connectivity index (χ3v) is 15.5. The van der Waals surface area contributed by atoms with Crippen LogP contribution in [0.25, 0.3) is 0 Å². The maximum absolute atomic E-state index is 13.6. The first-order chi connectivity index (χ1) is 23.8. The highest BCUT2D eigenvalue weighted by Gasteiger charge is 2.54. The molecule has 2 aromatic rings. The molecule has 0 aromatic heterocycles. The van der Waals surface area contributed by atoms with Crippen molar-refractivity contribution in [1.82, 2.24) is 9.62 Å². The molecule has 1 saturated carbocycles. The SMILES string of the molecule is C[C@@H]1[C@@H](C)CCC[C@@H](C2O[C@H]3CN(C)C[C@H]3O2)[C@@H]2CCC2(C)CN2C[C@@]3(CCCc4cc(Cl)ccc43)COc3ccc(cc32)C(=O)NS1(=O)=O. The average molecular weight is 726 g/mol. The Hall–Kier alpha value is -2.37. The number of aryl methyl sites for hydroxylation is 1. The number of nitrogens with one attached hydrogen (secondary N) is 1. The molecular weight excluding hydrogens is 674 g/mol. The summed E-state index contributed by atoms with van der Waals surface area (Å²) in [5.41, 5.74) is 3.45. The van der Waals surface area contributed by atoms with E-state index in [1.54, 1.807) is 13.0 Å². The summed E-state index contributed by atoms with van der Waals surface area (Å²) in [7, 11) is -1.79. The van der Waals surface area contributed by atoms with Gasteiger partial charge in [0.2, 0.25) is 10.0 Å². The number of rotatable bonds is 1. The monoisotopic (exact) mass is 725 g/mol. The van der Waals surface area contributed by atoms with Gasteiger partial charge < -0.3 is 24.0 Å². The molecule has 3 fully saturated rings. The number of anilines is 1. The second-order valence-corrected chi connectivity index (χ2v) is 19.2. The lowest BCUT2D eigenvalue weighted by Gasteiger charge is -2.54. The number of nitrogens with zero attached hydrogens (tertiary/aromatic N) is 2. The Kier molecular flexibility index (Phi) is 8.98. The summed E-state index contributed by atoms with van der Waals surface area (Å²) < 4.78 is 49.6. The van der Waals surface area contributed by atoms with Crippen LogP contribution in [0.15, 0.2) is 36.4 Å². The van der Waals surface area contributed by atoms with E-state index >= 15 is 0 Å². The highest BCUT2D eigenvalue weighted by molar-refractivity contribution is 7.90. The number of carbonyl (C=O) groups is 1. The first-order valence-electron chi connectivity index (χ1n) is 18.7. The van der Waals surface area contributed by atoms with E-state index in [1.165, 1.54) is 11.1 Å². The van der Waals surface area contributed by atoms with Crippen molar-refractivity contribution < 1.29 is 27.4 Å². The molecule has 6 aliphatic rings. The second kappa shape index (κ2) is 12.9. The van der Waals surface area contributed by atoms with Crippen molar-refractivity contribution in [3.63, 3.8) is 0 Å². The van der Waals surface area contributed by atoms with Crippen LogP contribution in [-0.2, 0) is 31.3 Å². The van der Waals surface area contributed by atoms with Crippen molar-refractivity contribution in [2.45, 2.75) is 101 Å². The number of carbonyl (C=O) groups excluding carboxylic acids is 1. The summed E-state index contributed by atoms with van der Waals surface area (Å²) in [5, 5.41) is 0.0296. The number of sulfonamides is 1. The maximum atomic E-state index is 13.6. The normalized spacial score (nSPS) is 38.6. The molecular formula is C39H52ClN3O6S. The zero-order chi connectivity index (χ0) is 35.0. The van der Waals surface area contributed by atoms with Crippen molar-refractivity contribution in [3.05, 3.63) is 58.1 Å². The van der Waals surface area contributed by atoms with E-state index in [1.807, 2.05) is 25.1 Å². The molecule has 9 nitrogen and oxygen atoms in total. The number of benzene rings is 2. The molecule has 1 amide bonds. The number of hydrogen-bond acceptors (Lipinski definition) is 8. The van der Waals surface area contributed by atoms with Crippen molar-refractivity contribution in [2.24, 2.45) is 23.2 Å². The van der Waals surface area contributed by atoms with E-state index < -0.39 is 21.2 Å². The second-order valence-electron chi connectivity index (χ2n) is 16.8. The molecule has 2 aliphatic carbocycles. The number of ether oxygens (including phenoxy) is 3. The first-order valence-corrected chi connectivity index (χ1v) is 20.6. The molecule has 8 rings (SSSR count). The lowest BCUT2D eigenvalue weighted by atomic mass is 9.55. The molecule has 0 radical (unpaired) electrons. The van der Waals surface area contributed by atoms with E-state index in [-0.39, 0.29) is 41.2 Å². The van der Waals surface area contributed by atoms with Gasteiger partial charge in [0.25, 0.3) is 5.91 Å². The van der Waals surface area contributed by atoms with E-state index in [0.717, 1.165) is 94.0 Å². The van der Waals surface area contributed by atoms with Crippen LogP contribution in [-0.4, -0.2) is 82.8 Å². The lowest BCUT2D eigenvalue weighted by molar-refractivity contribution is -0.160. The van der Waals surface area contributed by atoms with Gasteiger partial charge in [0.15, 0.2) is 6.29 Å². The first kappa shape index (κ1) is 34.7. The highest BCUT2D eigenvalue weighted by Crippen LogP contribution is 2.56. The van der Waals surface area contributed by atoms with Crippen molar-refractivity contribution in [1.29, 1.82) is 0 Å². The Labute approximate surface area is 302 Å². The summed E-state index contributed by atoms with van der Waals surface area (Å²) >= 11 is 6.49. The van der Waals surface area contributed by atoms with E-state index in [2.05, 4.69) is 40.6 Å². The van der Waals surface area contributed by atoms with Crippen LogP contribution in [0.2, 0.25) is 5.02 Å². The van der Waals surface area contributed by atoms with Gasteiger partial charge in [0.05, 0.1) is 17.5 Å². The van der Waals surface area contributed by atoms with Crippen molar-refractivity contribution in [3.8, 4) is 5.75 Å². The minimum absolute atomic E-state index is 0.0241. The fraction of sp³-hybridized carbons (Fsp3) is 0.667. The Morgan fingerprint density at radius 3 is 2.48 bits per heavy atom. The zero-order valence-electron chi connectivity index (χ0n) is 29.8. The van der Waals surface area contributed by atoms with Gasteiger partial charge in [-0.1, -0.05) is 37.9 Å². The topological polar surface area (TPSA) is 97.4 Å². The molecule has 2 bridgehead atoms. The average Bonchev–Trinajstić information content (AvgIpc) is 3.57. The molecule has 2 unspecified atom stereocenters. The van der Waals surface area contributed by atoms with Crippen molar-refractivity contribution >= 4 is 33.2 Å². The van der Waals surface area contributed by atoms with Gasteiger partial charge in [0, 0.05) is 48.1 Å². The molecule has 11 heteroatoms. The molecule has 2 aromatic carbocycles. The lowest BCUT2D eigenvalue weighted by Crippen LogP contribution is -2.55. The van der Waals surface area contributed by atoms with Crippen LogP contribution in [0, 0.1) is 23.2 Å². The predicted octanol–water partition coefficient (Wildman–Crippen LogP) is 6.17. The molecule has 4 heterocycles. The van der Waals surface area contributed by atoms with Gasteiger partial charge in [-0.3, -0.25) is 4.79 Å². The molecule has 1 spiro atoms. The summed E-state index contributed by atoms with van der Waals surface area (Å²) in [5.74, 6) is 0.578. The van der Waals surface area contributed by atoms with E-state index in [9.17, 15) is 13.2 Å². The van der Waals surface area contributed by atoms with Gasteiger partial charge in [-0.05, 0) is 118 Å². The molecule has 50 heavy (non-hydrogen) atoms. The van der Waals surface area contributed by atoms with Crippen LogP contribution in [0.4, 0.5) is 5.69 Å². The Bertz CT molecular complexity index is 1740. The number of likely N-dealkylation sites (N-methyl/N-ethyl adjacent to an activating group) is 1. The number of halogens is 1. The minimum atomic E-state index is -3.91.